The van der Waals surface area contributed by atoms with Gasteiger partial charge in [0.1, 0.15) is 5.69 Å². The van der Waals surface area contributed by atoms with E-state index in [1.807, 2.05) is 0 Å². The van der Waals surface area contributed by atoms with E-state index in [-0.39, 0.29) is 22.1 Å². The van der Waals surface area contributed by atoms with E-state index in [0.29, 0.717) is 0 Å². The number of halogens is 1. The average molecular weight is 269 g/mol. The molecule has 0 unspecified atom stereocenters. The lowest BCUT2D eigenvalue weighted by Gasteiger charge is -2.04. The molecule has 0 fully saturated rings. The molecule has 1 aromatic heterocycles. The quantitative estimate of drug-likeness (QED) is 0.473. The third-order valence-electron chi connectivity index (χ3n) is 2.04. The number of carbonyl (C=O) groups is 2. The lowest BCUT2D eigenvalue weighted by molar-refractivity contribution is 0.0601. The molecule has 6 heteroatoms. The summed E-state index contributed by atoms with van der Waals surface area (Å²) in [4.78, 5) is 28.7. The Morgan fingerprint density at radius 1 is 1.44 bits per heavy atom. The molecule has 1 heterocycles. The van der Waals surface area contributed by atoms with Gasteiger partial charge < -0.3 is 9.64 Å². The highest BCUT2D eigenvalue weighted by Gasteiger charge is 2.14. The zero-order valence-electron chi connectivity index (χ0n) is 10.3. The molecule has 5 nitrogen and oxygen atoms in total. The Morgan fingerprint density at radius 3 is 2.67 bits per heavy atom. The van der Waals surface area contributed by atoms with Crippen molar-refractivity contribution < 1.29 is 14.3 Å². The number of ether oxygens (including phenoxy) is 1. The maximum atomic E-state index is 11.8. The second-order valence-electron chi connectivity index (χ2n) is 3.68. The van der Waals surface area contributed by atoms with Gasteiger partial charge in [-0.05, 0) is 6.07 Å². The van der Waals surface area contributed by atoms with E-state index in [2.05, 4.69) is 9.72 Å². The van der Waals surface area contributed by atoms with Crippen LogP contribution in [0.5, 0.6) is 0 Å². The Bertz CT molecular complexity index is 498. The van der Waals surface area contributed by atoms with Gasteiger partial charge in [0.15, 0.2) is 0 Å². The predicted molar refractivity (Wildman–Crippen MR) is 67.7 cm³/mol. The summed E-state index contributed by atoms with van der Waals surface area (Å²) in [5, 5.41) is 0.148. The molecule has 0 aliphatic carbocycles. The largest absolute Gasteiger partial charge is 0.465 e. The van der Waals surface area contributed by atoms with Crippen molar-refractivity contribution in [1.29, 1.82) is 0 Å². The van der Waals surface area contributed by atoms with Crippen LogP contribution in [0.1, 0.15) is 20.8 Å². The lowest BCUT2D eigenvalue weighted by Crippen LogP contribution is -2.08. The third-order valence-corrected chi connectivity index (χ3v) is 2.34. The first-order valence-corrected chi connectivity index (χ1v) is 5.46. The Morgan fingerprint density at radius 2 is 2.11 bits per heavy atom. The van der Waals surface area contributed by atoms with Crippen molar-refractivity contribution >= 4 is 23.4 Å². The van der Waals surface area contributed by atoms with Crippen LogP contribution < -0.4 is 0 Å². The lowest BCUT2D eigenvalue weighted by atomic mass is 10.2. The van der Waals surface area contributed by atoms with Crippen LogP contribution in [0.2, 0.25) is 5.02 Å². The number of aromatic nitrogens is 1. The number of ketones is 1. The van der Waals surface area contributed by atoms with Crippen molar-refractivity contribution in [3.05, 3.63) is 40.8 Å². The molecule has 0 atom stereocenters. The summed E-state index contributed by atoms with van der Waals surface area (Å²) in [5.41, 5.74) is 0.258. The molecule has 0 saturated carbocycles. The first-order valence-electron chi connectivity index (χ1n) is 5.08. The summed E-state index contributed by atoms with van der Waals surface area (Å²) in [7, 11) is 4.82. The molecule has 0 bridgehead atoms. The molecule has 18 heavy (non-hydrogen) atoms. The average Bonchev–Trinajstić information content (AvgIpc) is 2.35. The number of pyridine rings is 1. The second kappa shape index (κ2) is 6.16. The number of methoxy groups -OCH3 is 1. The van der Waals surface area contributed by atoms with Gasteiger partial charge in [-0.2, -0.15) is 0 Å². The Hall–Kier alpha value is -1.88. The fraction of sp³-hybridized carbons (Fsp3) is 0.250. The standard InChI is InChI=1S/C12H13ClN2O3/c1-15(2)5-4-11(16)10-6-8(12(17)18-3)9(13)7-14-10/h4-7H,1-3H3/b5-4+. The molecule has 1 aromatic rings. The van der Waals surface area contributed by atoms with Gasteiger partial charge in [-0.3, -0.25) is 9.78 Å². The van der Waals surface area contributed by atoms with E-state index < -0.39 is 5.97 Å². The maximum Gasteiger partial charge on any atom is 0.339 e. The molecule has 1 rings (SSSR count). The zero-order chi connectivity index (χ0) is 13.7. The Balaban J connectivity index is 3.05. The Kier molecular flexibility index (Phi) is 4.85. The Labute approximate surface area is 110 Å². The third kappa shape index (κ3) is 3.56. The topological polar surface area (TPSA) is 59.5 Å². The molecular weight excluding hydrogens is 256 g/mol. The second-order valence-corrected chi connectivity index (χ2v) is 4.09. The number of rotatable bonds is 4. The molecule has 0 spiro atoms. The maximum absolute atomic E-state index is 11.8. The van der Waals surface area contributed by atoms with Gasteiger partial charge in [-0.15, -0.1) is 0 Å². The summed E-state index contributed by atoms with van der Waals surface area (Å²) < 4.78 is 4.56. The summed E-state index contributed by atoms with van der Waals surface area (Å²) in [6.45, 7) is 0. The van der Waals surface area contributed by atoms with Gasteiger partial charge in [-0.1, -0.05) is 11.6 Å². The molecule has 96 valence electrons. The van der Waals surface area contributed by atoms with E-state index in [9.17, 15) is 9.59 Å². The van der Waals surface area contributed by atoms with Crippen LogP contribution in [0, 0.1) is 0 Å². The fourth-order valence-corrected chi connectivity index (χ4v) is 1.32. The van der Waals surface area contributed by atoms with Crippen molar-refractivity contribution in [1.82, 2.24) is 9.88 Å². The summed E-state index contributed by atoms with van der Waals surface area (Å²) in [6.07, 6.45) is 4.21. The van der Waals surface area contributed by atoms with Crippen molar-refractivity contribution in [3.8, 4) is 0 Å². The van der Waals surface area contributed by atoms with Crippen LogP contribution in [0.25, 0.3) is 0 Å². The number of hydrogen-bond acceptors (Lipinski definition) is 5. The van der Waals surface area contributed by atoms with E-state index in [0.717, 1.165) is 0 Å². The van der Waals surface area contributed by atoms with E-state index in [4.69, 9.17) is 11.6 Å². The van der Waals surface area contributed by atoms with Gasteiger partial charge in [0, 0.05) is 32.6 Å². The predicted octanol–water partition coefficient (Wildman–Crippen LogP) is 1.78. The first-order chi connectivity index (χ1) is 8.45. The van der Waals surface area contributed by atoms with E-state index in [1.165, 1.54) is 25.4 Å². The highest BCUT2D eigenvalue weighted by Crippen LogP contribution is 2.17. The zero-order valence-corrected chi connectivity index (χ0v) is 11.1. The number of hydrogen-bond donors (Lipinski definition) is 0. The van der Waals surface area contributed by atoms with Crippen LogP contribution in [-0.4, -0.2) is 42.8 Å². The van der Waals surface area contributed by atoms with Gasteiger partial charge in [0.25, 0.3) is 0 Å². The van der Waals surface area contributed by atoms with Gasteiger partial charge in [0.2, 0.25) is 5.78 Å². The summed E-state index contributed by atoms with van der Waals surface area (Å²) in [5.74, 6) is -0.918. The normalized spacial score (nSPS) is 10.4. The number of allylic oxidation sites excluding steroid dienone is 1. The molecule has 0 aliphatic heterocycles. The van der Waals surface area contributed by atoms with Crippen molar-refractivity contribution in [2.45, 2.75) is 0 Å². The molecule has 0 N–H and O–H groups in total. The van der Waals surface area contributed by atoms with Gasteiger partial charge in [-0.25, -0.2) is 4.79 Å². The van der Waals surface area contributed by atoms with Gasteiger partial charge in [0.05, 0.1) is 17.7 Å². The summed E-state index contributed by atoms with van der Waals surface area (Å²) >= 11 is 5.80. The molecule has 0 amide bonds. The number of nitrogens with zero attached hydrogens (tertiary/aromatic N) is 2. The fourth-order valence-electron chi connectivity index (χ4n) is 1.14. The summed E-state index contributed by atoms with van der Waals surface area (Å²) in [6, 6.07) is 1.32. The molecular formula is C12H13ClN2O3. The number of carbonyl (C=O) groups excluding carboxylic acids is 2. The van der Waals surface area contributed by atoms with E-state index >= 15 is 0 Å². The van der Waals surface area contributed by atoms with Crippen LogP contribution in [0.4, 0.5) is 0 Å². The SMILES string of the molecule is COC(=O)c1cc(C(=O)/C=C/N(C)C)ncc1Cl. The first kappa shape index (κ1) is 14.2. The van der Waals surface area contributed by atoms with Crippen molar-refractivity contribution in [2.75, 3.05) is 21.2 Å². The minimum Gasteiger partial charge on any atom is -0.465 e. The minimum atomic E-state index is -0.604. The van der Waals surface area contributed by atoms with Gasteiger partial charge >= 0.3 is 5.97 Å². The van der Waals surface area contributed by atoms with Crippen LogP contribution in [0.3, 0.4) is 0 Å². The highest BCUT2D eigenvalue weighted by molar-refractivity contribution is 6.33. The van der Waals surface area contributed by atoms with Crippen LogP contribution in [-0.2, 0) is 4.74 Å². The van der Waals surface area contributed by atoms with Crippen molar-refractivity contribution in [3.63, 3.8) is 0 Å². The van der Waals surface area contributed by atoms with Crippen molar-refractivity contribution in [2.24, 2.45) is 0 Å². The molecule has 0 radical (unpaired) electrons. The molecule has 0 saturated heterocycles. The van der Waals surface area contributed by atoms with E-state index in [1.54, 1.807) is 25.2 Å². The number of esters is 1. The molecule has 0 aromatic carbocycles. The van der Waals surface area contributed by atoms with Crippen LogP contribution >= 0.6 is 11.6 Å². The monoisotopic (exact) mass is 268 g/mol. The van der Waals surface area contributed by atoms with Crippen LogP contribution in [0.15, 0.2) is 24.5 Å². The minimum absolute atomic E-state index is 0.121. The highest BCUT2D eigenvalue weighted by atomic mass is 35.5. The molecule has 0 aliphatic rings. The smallest absolute Gasteiger partial charge is 0.339 e.